The van der Waals surface area contributed by atoms with Crippen molar-refractivity contribution in [2.24, 2.45) is 5.73 Å². The molecular formula is C12H18N2O2S. The minimum absolute atomic E-state index is 0.0781. The lowest BCUT2D eigenvalue weighted by Gasteiger charge is -2.23. The van der Waals surface area contributed by atoms with E-state index in [-0.39, 0.29) is 18.6 Å². The van der Waals surface area contributed by atoms with Crippen molar-refractivity contribution >= 4 is 17.2 Å². The van der Waals surface area contributed by atoms with Gasteiger partial charge in [0, 0.05) is 18.0 Å². The molecule has 17 heavy (non-hydrogen) atoms. The van der Waals surface area contributed by atoms with Crippen LogP contribution in [0.3, 0.4) is 0 Å². The first-order valence-corrected chi connectivity index (χ1v) is 6.81. The average molecular weight is 254 g/mol. The Morgan fingerprint density at radius 1 is 1.65 bits per heavy atom. The molecular weight excluding hydrogens is 236 g/mol. The van der Waals surface area contributed by atoms with Gasteiger partial charge >= 0.3 is 0 Å². The van der Waals surface area contributed by atoms with E-state index in [9.17, 15) is 4.79 Å². The average Bonchev–Trinajstić information content (AvgIpc) is 2.99. The van der Waals surface area contributed by atoms with Crippen molar-refractivity contribution in [3.05, 3.63) is 22.4 Å². The smallest absolute Gasteiger partial charge is 0.249 e. The van der Waals surface area contributed by atoms with Gasteiger partial charge in [-0.3, -0.25) is 4.79 Å². The lowest BCUT2D eigenvalue weighted by Crippen LogP contribution is -2.33. The van der Waals surface area contributed by atoms with Crippen molar-refractivity contribution < 1.29 is 9.53 Å². The molecule has 5 heteroatoms. The largest absolute Gasteiger partial charge is 0.370 e. The topological polar surface area (TPSA) is 55.6 Å². The first-order valence-electron chi connectivity index (χ1n) is 5.93. The summed E-state index contributed by atoms with van der Waals surface area (Å²) in [5, 5.41) is 2.06. The van der Waals surface area contributed by atoms with Crippen LogP contribution in [0.25, 0.3) is 0 Å². The Bertz CT molecular complexity index is 353. The molecule has 1 saturated heterocycles. The van der Waals surface area contributed by atoms with Crippen LogP contribution in [-0.4, -0.2) is 37.1 Å². The molecule has 0 bridgehead atoms. The zero-order valence-corrected chi connectivity index (χ0v) is 10.6. The fourth-order valence-corrected chi connectivity index (χ4v) is 3.04. The number of ether oxygens (including phenoxy) is 1. The van der Waals surface area contributed by atoms with Crippen LogP contribution >= 0.6 is 11.3 Å². The van der Waals surface area contributed by atoms with E-state index in [2.05, 4.69) is 11.4 Å². The molecule has 0 saturated carbocycles. The highest BCUT2D eigenvalue weighted by molar-refractivity contribution is 7.10. The Balaban J connectivity index is 1.93. The molecule has 2 heterocycles. The van der Waals surface area contributed by atoms with Crippen molar-refractivity contribution in [2.75, 3.05) is 26.3 Å². The fraction of sp³-hybridized carbons (Fsp3) is 0.583. The summed E-state index contributed by atoms with van der Waals surface area (Å²) in [6.07, 6.45) is 2.13. The Hall–Kier alpha value is -0.910. The minimum Gasteiger partial charge on any atom is -0.370 e. The van der Waals surface area contributed by atoms with Crippen molar-refractivity contribution in [3.63, 3.8) is 0 Å². The Labute approximate surface area is 105 Å². The lowest BCUT2D eigenvalue weighted by atomic mass is 10.2. The Morgan fingerprint density at radius 3 is 3.24 bits per heavy atom. The number of rotatable bonds is 5. The van der Waals surface area contributed by atoms with Gasteiger partial charge in [0.2, 0.25) is 5.91 Å². The van der Waals surface area contributed by atoms with Gasteiger partial charge in [-0.2, -0.15) is 0 Å². The number of nitrogens with two attached hydrogens (primary N) is 1. The normalized spacial score (nSPS) is 19.8. The summed E-state index contributed by atoms with van der Waals surface area (Å²) in [6, 6.07) is 4.39. The van der Waals surface area contributed by atoms with Crippen molar-refractivity contribution in [2.45, 2.75) is 18.9 Å². The van der Waals surface area contributed by atoms with E-state index in [0.29, 0.717) is 13.2 Å². The summed E-state index contributed by atoms with van der Waals surface area (Å²) < 4.78 is 5.21. The molecule has 1 aromatic rings. The van der Waals surface area contributed by atoms with Crippen LogP contribution in [0, 0.1) is 0 Å². The maximum absolute atomic E-state index is 12.0. The van der Waals surface area contributed by atoms with Crippen LogP contribution in [-0.2, 0) is 9.53 Å². The van der Waals surface area contributed by atoms with Crippen LogP contribution in [0.1, 0.15) is 23.8 Å². The summed E-state index contributed by atoms with van der Waals surface area (Å²) in [5.41, 5.74) is 5.32. The van der Waals surface area contributed by atoms with Crippen LogP contribution in [0.15, 0.2) is 17.5 Å². The molecule has 1 atom stereocenters. The molecule has 2 rings (SSSR count). The first-order chi connectivity index (χ1) is 8.33. The van der Waals surface area contributed by atoms with E-state index in [0.717, 1.165) is 19.4 Å². The summed E-state index contributed by atoms with van der Waals surface area (Å²) in [5.74, 6) is 0.0781. The van der Waals surface area contributed by atoms with Crippen LogP contribution < -0.4 is 5.73 Å². The number of amides is 1. The number of nitrogens with zero attached hydrogens (tertiary/aromatic N) is 1. The second kappa shape index (κ2) is 6.14. The summed E-state index contributed by atoms with van der Waals surface area (Å²) in [7, 11) is 0. The van der Waals surface area contributed by atoms with E-state index in [1.165, 1.54) is 4.88 Å². The zero-order chi connectivity index (χ0) is 12.1. The van der Waals surface area contributed by atoms with E-state index in [4.69, 9.17) is 10.5 Å². The highest BCUT2D eigenvalue weighted by atomic mass is 32.1. The van der Waals surface area contributed by atoms with Crippen molar-refractivity contribution in [1.29, 1.82) is 0 Å². The number of hydrogen-bond acceptors (Lipinski definition) is 4. The van der Waals surface area contributed by atoms with Gasteiger partial charge in [-0.05, 0) is 24.3 Å². The fourth-order valence-electron chi connectivity index (χ4n) is 2.17. The molecule has 1 unspecified atom stereocenters. The molecule has 1 aromatic heterocycles. The van der Waals surface area contributed by atoms with Gasteiger partial charge in [0.25, 0.3) is 0 Å². The third kappa shape index (κ3) is 3.06. The van der Waals surface area contributed by atoms with Gasteiger partial charge in [-0.25, -0.2) is 0 Å². The number of thiophene rings is 1. The van der Waals surface area contributed by atoms with Crippen molar-refractivity contribution in [1.82, 2.24) is 4.90 Å². The molecule has 1 aliphatic heterocycles. The van der Waals surface area contributed by atoms with Gasteiger partial charge in [0.15, 0.2) is 0 Å². The molecule has 4 nitrogen and oxygen atoms in total. The van der Waals surface area contributed by atoms with Gasteiger partial charge in [-0.1, -0.05) is 6.07 Å². The molecule has 1 fully saturated rings. The maximum atomic E-state index is 12.0. The highest BCUT2D eigenvalue weighted by Gasteiger charge is 2.30. The number of carbonyl (C=O) groups is 1. The number of likely N-dealkylation sites (tertiary alicyclic amines) is 1. The predicted molar refractivity (Wildman–Crippen MR) is 67.9 cm³/mol. The van der Waals surface area contributed by atoms with E-state index in [1.807, 2.05) is 11.0 Å². The second-order valence-electron chi connectivity index (χ2n) is 4.10. The van der Waals surface area contributed by atoms with Crippen molar-refractivity contribution in [3.8, 4) is 0 Å². The van der Waals surface area contributed by atoms with Gasteiger partial charge in [0.1, 0.15) is 6.61 Å². The summed E-state index contributed by atoms with van der Waals surface area (Å²) in [6.45, 7) is 1.90. The number of carbonyl (C=O) groups excluding carboxylic acids is 1. The molecule has 2 N–H and O–H groups in total. The predicted octanol–water partition coefficient (Wildman–Crippen LogP) is 1.39. The molecule has 1 amide bonds. The lowest BCUT2D eigenvalue weighted by molar-refractivity contribution is -0.136. The van der Waals surface area contributed by atoms with E-state index in [1.54, 1.807) is 11.3 Å². The second-order valence-corrected chi connectivity index (χ2v) is 5.08. The zero-order valence-electron chi connectivity index (χ0n) is 9.80. The van der Waals surface area contributed by atoms with Gasteiger partial charge in [-0.15, -0.1) is 11.3 Å². The van der Waals surface area contributed by atoms with Crippen LogP contribution in [0.5, 0.6) is 0 Å². The Kier molecular flexibility index (Phi) is 4.53. The van der Waals surface area contributed by atoms with Crippen LogP contribution in [0.4, 0.5) is 0 Å². The molecule has 0 aliphatic carbocycles. The first kappa shape index (κ1) is 12.5. The quantitative estimate of drug-likeness (QED) is 0.808. The summed E-state index contributed by atoms with van der Waals surface area (Å²) in [4.78, 5) is 15.2. The molecule has 0 radical (unpaired) electrons. The minimum atomic E-state index is 0.0781. The molecule has 1 aliphatic rings. The molecule has 94 valence electrons. The van der Waals surface area contributed by atoms with E-state index < -0.39 is 0 Å². The van der Waals surface area contributed by atoms with Crippen LogP contribution in [0.2, 0.25) is 0 Å². The SMILES string of the molecule is NCCOCC(=O)N1CCCC1c1cccs1. The third-order valence-electron chi connectivity index (χ3n) is 2.93. The monoisotopic (exact) mass is 254 g/mol. The third-order valence-corrected chi connectivity index (χ3v) is 3.91. The van der Waals surface area contributed by atoms with E-state index >= 15 is 0 Å². The highest BCUT2D eigenvalue weighted by Crippen LogP contribution is 2.34. The molecule has 0 aromatic carbocycles. The Morgan fingerprint density at radius 2 is 2.53 bits per heavy atom. The maximum Gasteiger partial charge on any atom is 0.249 e. The van der Waals surface area contributed by atoms with Gasteiger partial charge in [0.05, 0.1) is 12.6 Å². The molecule has 0 spiro atoms. The standard InChI is InChI=1S/C12H18N2O2S/c13-5-7-16-9-12(15)14-6-1-3-10(14)11-4-2-8-17-11/h2,4,8,10H,1,3,5-7,9,13H2. The number of hydrogen-bond donors (Lipinski definition) is 1. The summed E-state index contributed by atoms with van der Waals surface area (Å²) >= 11 is 1.71. The van der Waals surface area contributed by atoms with Gasteiger partial charge < -0.3 is 15.4 Å².